The molecule has 0 saturated carbocycles. The van der Waals surface area contributed by atoms with Gasteiger partial charge in [0.1, 0.15) is 6.54 Å². The number of nitrogens with two attached hydrogens (primary N) is 1. The molecule has 1 amide bonds. The fraction of sp³-hybridized carbons (Fsp3) is 0.182. The van der Waals surface area contributed by atoms with Crippen LogP contribution < -0.4 is 11.1 Å². The topological polar surface area (TPSA) is 114 Å². The van der Waals surface area contributed by atoms with Gasteiger partial charge in [-0.3, -0.25) is 9.59 Å². The Morgan fingerprint density at radius 2 is 2.00 bits per heavy atom. The summed E-state index contributed by atoms with van der Waals surface area (Å²) in [4.78, 5) is 22.7. The van der Waals surface area contributed by atoms with Crippen molar-refractivity contribution in [3.8, 4) is 0 Å². The number of methoxy groups -OCH3 is 1. The Balaban J connectivity index is 2.89. The Bertz CT molecular complexity index is 485. The van der Waals surface area contributed by atoms with Crippen LogP contribution in [0.5, 0.6) is 0 Å². The van der Waals surface area contributed by atoms with Crippen LogP contribution in [0.15, 0.2) is 29.4 Å². The van der Waals surface area contributed by atoms with E-state index in [1.807, 2.05) is 0 Å². The average Bonchev–Trinajstić information content (AvgIpc) is 2.43. The van der Waals surface area contributed by atoms with Gasteiger partial charge in [0.25, 0.3) is 5.91 Å². The lowest BCUT2D eigenvalue weighted by Gasteiger charge is -2.08. The van der Waals surface area contributed by atoms with Crippen LogP contribution in [0.25, 0.3) is 0 Å². The lowest BCUT2D eigenvalue weighted by molar-refractivity contribution is -0.139. The minimum absolute atomic E-state index is 0.182. The number of ether oxygens (including phenoxy) is 1. The second-order valence-corrected chi connectivity index (χ2v) is 3.29. The molecule has 0 bridgehead atoms. The van der Waals surface area contributed by atoms with Gasteiger partial charge in [-0.1, -0.05) is 23.4 Å². The summed E-state index contributed by atoms with van der Waals surface area (Å²) in [6, 6.07) is 6.30. The summed E-state index contributed by atoms with van der Waals surface area (Å²) in [5, 5.41) is 13.8. The predicted molar refractivity (Wildman–Crippen MR) is 63.3 cm³/mol. The molecule has 0 aliphatic heterocycles. The van der Waals surface area contributed by atoms with Gasteiger partial charge in [-0.25, -0.2) is 0 Å². The van der Waals surface area contributed by atoms with Crippen LogP contribution in [0.4, 0.5) is 0 Å². The largest absolute Gasteiger partial charge is 0.468 e. The first kappa shape index (κ1) is 13.5. The molecule has 0 heterocycles. The molecule has 4 N–H and O–H groups in total. The van der Waals surface area contributed by atoms with Crippen molar-refractivity contribution in [2.45, 2.75) is 0 Å². The number of hydrogen-bond acceptors (Lipinski definition) is 5. The highest BCUT2D eigenvalue weighted by Gasteiger charge is 2.14. The van der Waals surface area contributed by atoms with E-state index in [1.54, 1.807) is 12.1 Å². The Kier molecular flexibility index (Phi) is 4.67. The van der Waals surface area contributed by atoms with Crippen molar-refractivity contribution in [2.75, 3.05) is 13.7 Å². The van der Waals surface area contributed by atoms with E-state index in [9.17, 15) is 9.59 Å². The van der Waals surface area contributed by atoms with Crippen LogP contribution in [0.2, 0.25) is 0 Å². The molecule has 7 heteroatoms. The van der Waals surface area contributed by atoms with Crippen LogP contribution >= 0.6 is 0 Å². The molecule has 0 radical (unpaired) electrons. The Morgan fingerprint density at radius 3 is 2.56 bits per heavy atom. The third-order valence-electron chi connectivity index (χ3n) is 2.18. The molecule has 18 heavy (non-hydrogen) atoms. The van der Waals surface area contributed by atoms with Crippen molar-refractivity contribution >= 4 is 17.7 Å². The maximum atomic E-state index is 11.8. The van der Waals surface area contributed by atoms with E-state index in [4.69, 9.17) is 10.9 Å². The third-order valence-corrected chi connectivity index (χ3v) is 2.18. The predicted octanol–water partition coefficient (Wildman–Crippen LogP) is -0.316. The van der Waals surface area contributed by atoms with Crippen molar-refractivity contribution in [1.29, 1.82) is 0 Å². The average molecular weight is 251 g/mol. The highest BCUT2D eigenvalue weighted by Crippen LogP contribution is 2.08. The van der Waals surface area contributed by atoms with E-state index in [1.165, 1.54) is 19.2 Å². The molecule has 0 atom stereocenters. The maximum Gasteiger partial charge on any atom is 0.325 e. The maximum absolute atomic E-state index is 11.8. The molecule has 1 aromatic rings. The van der Waals surface area contributed by atoms with Crippen molar-refractivity contribution < 1.29 is 19.5 Å². The SMILES string of the molecule is COC(=O)CNC(=O)c1ccccc1C(N)=NO. The normalized spacial score (nSPS) is 10.8. The number of oxime groups is 1. The van der Waals surface area contributed by atoms with Crippen LogP contribution in [0, 0.1) is 0 Å². The first-order valence-corrected chi connectivity index (χ1v) is 5.02. The second-order valence-electron chi connectivity index (χ2n) is 3.29. The molecule has 7 nitrogen and oxygen atoms in total. The number of carbonyl (C=O) groups is 2. The van der Waals surface area contributed by atoms with Gasteiger partial charge >= 0.3 is 5.97 Å². The standard InChI is InChI=1S/C11H13N3O4/c1-18-9(15)6-13-11(16)8-5-3-2-4-7(8)10(12)14-17/h2-5,17H,6H2,1H3,(H2,12,14)(H,13,16). The van der Waals surface area contributed by atoms with Crippen LogP contribution in [0.1, 0.15) is 15.9 Å². The summed E-state index contributed by atoms with van der Waals surface area (Å²) in [6.07, 6.45) is 0. The number of hydrogen-bond donors (Lipinski definition) is 3. The van der Waals surface area contributed by atoms with Crippen molar-refractivity contribution in [3.63, 3.8) is 0 Å². The fourth-order valence-corrected chi connectivity index (χ4v) is 1.28. The number of benzene rings is 1. The molecule has 0 spiro atoms. The number of rotatable bonds is 4. The van der Waals surface area contributed by atoms with Gasteiger partial charge < -0.3 is 21.0 Å². The molecular formula is C11H13N3O4. The molecule has 1 aromatic carbocycles. The number of carbonyl (C=O) groups excluding carboxylic acids is 2. The highest BCUT2D eigenvalue weighted by molar-refractivity contribution is 6.08. The smallest absolute Gasteiger partial charge is 0.325 e. The summed E-state index contributed by atoms with van der Waals surface area (Å²) < 4.78 is 4.39. The lowest BCUT2D eigenvalue weighted by Crippen LogP contribution is -2.32. The quantitative estimate of drug-likeness (QED) is 0.223. The van der Waals surface area contributed by atoms with E-state index in [0.29, 0.717) is 0 Å². The van der Waals surface area contributed by atoms with Gasteiger partial charge in [-0.05, 0) is 6.07 Å². The van der Waals surface area contributed by atoms with Crippen LogP contribution in [0.3, 0.4) is 0 Å². The Morgan fingerprint density at radius 1 is 1.39 bits per heavy atom. The molecule has 0 aliphatic carbocycles. The third kappa shape index (κ3) is 3.21. The van der Waals surface area contributed by atoms with Crippen LogP contribution in [-0.4, -0.2) is 36.6 Å². The number of amidine groups is 1. The summed E-state index contributed by atoms with van der Waals surface area (Å²) >= 11 is 0. The first-order valence-electron chi connectivity index (χ1n) is 5.02. The van der Waals surface area contributed by atoms with Gasteiger partial charge in [0.15, 0.2) is 5.84 Å². The fourth-order valence-electron chi connectivity index (χ4n) is 1.28. The van der Waals surface area contributed by atoms with E-state index in [2.05, 4.69) is 15.2 Å². The van der Waals surface area contributed by atoms with Gasteiger partial charge in [0.2, 0.25) is 0 Å². The van der Waals surface area contributed by atoms with Gasteiger partial charge in [-0.2, -0.15) is 0 Å². The van der Waals surface area contributed by atoms with Gasteiger partial charge in [0.05, 0.1) is 12.7 Å². The minimum Gasteiger partial charge on any atom is -0.468 e. The monoisotopic (exact) mass is 251 g/mol. The number of esters is 1. The van der Waals surface area contributed by atoms with Gasteiger partial charge in [-0.15, -0.1) is 0 Å². The van der Waals surface area contributed by atoms with Crippen LogP contribution in [-0.2, 0) is 9.53 Å². The molecule has 0 fully saturated rings. The number of nitrogens with zero attached hydrogens (tertiary/aromatic N) is 1. The molecule has 0 unspecified atom stereocenters. The molecule has 0 aromatic heterocycles. The Labute approximate surface area is 103 Å². The van der Waals surface area contributed by atoms with E-state index < -0.39 is 11.9 Å². The van der Waals surface area contributed by atoms with Crippen molar-refractivity contribution in [2.24, 2.45) is 10.9 Å². The zero-order valence-corrected chi connectivity index (χ0v) is 9.71. The molecule has 0 aliphatic rings. The number of nitrogens with one attached hydrogen (secondary N) is 1. The summed E-state index contributed by atoms with van der Waals surface area (Å²) in [5.41, 5.74) is 5.93. The van der Waals surface area contributed by atoms with Crippen molar-refractivity contribution in [1.82, 2.24) is 5.32 Å². The van der Waals surface area contributed by atoms with E-state index in [0.717, 1.165) is 0 Å². The zero-order chi connectivity index (χ0) is 13.5. The van der Waals surface area contributed by atoms with Gasteiger partial charge in [0, 0.05) is 5.56 Å². The van der Waals surface area contributed by atoms with E-state index in [-0.39, 0.29) is 23.5 Å². The number of amides is 1. The lowest BCUT2D eigenvalue weighted by atomic mass is 10.1. The molecular weight excluding hydrogens is 238 g/mol. The summed E-state index contributed by atoms with van der Waals surface area (Å²) in [6.45, 7) is -0.250. The first-order chi connectivity index (χ1) is 8.60. The molecule has 96 valence electrons. The summed E-state index contributed by atoms with van der Waals surface area (Å²) in [7, 11) is 1.22. The molecule has 1 rings (SSSR count). The molecule has 0 saturated heterocycles. The summed E-state index contributed by atoms with van der Waals surface area (Å²) in [5.74, 6) is -1.26. The Hall–Kier alpha value is -2.57. The highest BCUT2D eigenvalue weighted by atomic mass is 16.5. The second kappa shape index (κ2) is 6.24. The van der Waals surface area contributed by atoms with E-state index >= 15 is 0 Å². The zero-order valence-electron chi connectivity index (χ0n) is 9.71. The minimum atomic E-state index is -0.565. The van der Waals surface area contributed by atoms with Crippen molar-refractivity contribution in [3.05, 3.63) is 35.4 Å².